The Labute approximate surface area is 178 Å². The second kappa shape index (κ2) is 8.37. The van der Waals surface area contributed by atoms with Crippen LogP contribution >= 0.6 is 0 Å². The average Bonchev–Trinajstić information content (AvgIpc) is 2.76. The number of nitrogens with zero attached hydrogens (tertiary/aromatic N) is 2. The molecular formula is C23H25FN4O3. The molecule has 1 saturated heterocycles. The molecular weight excluding hydrogens is 399 g/mol. The Morgan fingerprint density at radius 3 is 2.81 bits per heavy atom. The Kier molecular flexibility index (Phi) is 5.63. The Balaban J connectivity index is 1.54. The number of benzene rings is 2. The fourth-order valence-corrected chi connectivity index (χ4v) is 4.18. The van der Waals surface area contributed by atoms with Gasteiger partial charge >= 0.3 is 11.1 Å². The van der Waals surface area contributed by atoms with Crippen molar-refractivity contribution in [2.45, 2.75) is 39.3 Å². The van der Waals surface area contributed by atoms with Crippen molar-refractivity contribution in [1.29, 1.82) is 0 Å². The van der Waals surface area contributed by atoms with Crippen LogP contribution in [-0.4, -0.2) is 34.6 Å². The Morgan fingerprint density at radius 2 is 2.03 bits per heavy atom. The molecule has 2 aromatic carbocycles. The summed E-state index contributed by atoms with van der Waals surface area (Å²) in [6, 6.07) is 9.80. The summed E-state index contributed by atoms with van der Waals surface area (Å²) >= 11 is 0. The van der Waals surface area contributed by atoms with Crippen LogP contribution in [0.2, 0.25) is 0 Å². The lowest BCUT2D eigenvalue weighted by Crippen LogP contribution is -2.48. The third-order valence-electron chi connectivity index (χ3n) is 5.75. The molecule has 7 nitrogen and oxygen atoms in total. The van der Waals surface area contributed by atoms with E-state index in [9.17, 15) is 18.8 Å². The van der Waals surface area contributed by atoms with Crippen LogP contribution in [0, 0.1) is 12.7 Å². The summed E-state index contributed by atoms with van der Waals surface area (Å²) in [5.74, 6) is -0.536. The van der Waals surface area contributed by atoms with Crippen LogP contribution in [0.4, 0.5) is 10.1 Å². The molecule has 1 fully saturated rings. The molecule has 3 aromatic rings. The molecule has 1 amide bonds. The number of hydrogen-bond acceptors (Lipinski definition) is 4. The Bertz CT molecular complexity index is 1260. The van der Waals surface area contributed by atoms with E-state index in [1.165, 1.54) is 10.6 Å². The molecule has 8 heteroatoms. The van der Waals surface area contributed by atoms with E-state index >= 15 is 0 Å². The van der Waals surface area contributed by atoms with Crippen molar-refractivity contribution < 1.29 is 9.18 Å². The highest BCUT2D eigenvalue weighted by Gasteiger charge is 2.24. The van der Waals surface area contributed by atoms with Crippen molar-refractivity contribution in [1.82, 2.24) is 14.9 Å². The van der Waals surface area contributed by atoms with Gasteiger partial charge in [-0.2, -0.15) is 0 Å². The molecule has 0 radical (unpaired) electrons. The van der Waals surface area contributed by atoms with Crippen molar-refractivity contribution in [3.8, 4) is 0 Å². The maximum absolute atomic E-state index is 14.3. The van der Waals surface area contributed by atoms with E-state index in [4.69, 9.17) is 0 Å². The largest absolute Gasteiger partial charge is 0.367 e. The second-order valence-electron chi connectivity index (χ2n) is 7.95. The van der Waals surface area contributed by atoms with Crippen molar-refractivity contribution in [3.63, 3.8) is 0 Å². The van der Waals surface area contributed by atoms with Gasteiger partial charge in [-0.25, -0.2) is 4.39 Å². The highest BCUT2D eigenvalue weighted by Crippen LogP contribution is 2.24. The molecule has 0 saturated carbocycles. The van der Waals surface area contributed by atoms with Gasteiger partial charge in [0.2, 0.25) is 0 Å². The summed E-state index contributed by atoms with van der Waals surface area (Å²) in [6.45, 7) is 5.32. The highest BCUT2D eigenvalue weighted by atomic mass is 19.1. The van der Waals surface area contributed by atoms with Gasteiger partial charge in [-0.3, -0.25) is 14.4 Å². The maximum atomic E-state index is 14.3. The lowest BCUT2D eigenvalue weighted by Gasteiger charge is -2.35. The van der Waals surface area contributed by atoms with Gasteiger partial charge < -0.3 is 19.8 Å². The van der Waals surface area contributed by atoms with Gasteiger partial charge in [0.1, 0.15) is 5.82 Å². The molecule has 0 bridgehead atoms. The average molecular weight is 424 g/mol. The summed E-state index contributed by atoms with van der Waals surface area (Å²) in [5, 5.41) is 3.02. The lowest BCUT2D eigenvalue weighted by molar-refractivity contribution is 0.0933. The van der Waals surface area contributed by atoms with Gasteiger partial charge in [0, 0.05) is 31.2 Å². The SMILES string of the molecule is CCn1c(=O)c(=O)[nH]c2cc(C(=O)NC3CCCN(c4cc(C)ccc4F)C3)ccc21. The smallest absolute Gasteiger partial charge is 0.316 e. The van der Waals surface area contributed by atoms with Gasteiger partial charge in [-0.15, -0.1) is 0 Å². The highest BCUT2D eigenvalue weighted by molar-refractivity contribution is 5.97. The molecule has 162 valence electrons. The molecule has 1 unspecified atom stereocenters. The van der Waals surface area contributed by atoms with Crippen molar-refractivity contribution in [3.05, 3.63) is 74.0 Å². The number of nitrogens with one attached hydrogen (secondary N) is 2. The van der Waals surface area contributed by atoms with Crippen LogP contribution in [0.1, 0.15) is 35.7 Å². The van der Waals surface area contributed by atoms with Crippen LogP contribution < -0.4 is 21.3 Å². The maximum Gasteiger partial charge on any atom is 0.316 e. The third kappa shape index (κ3) is 4.10. The van der Waals surface area contributed by atoms with Crippen LogP contribution in [-0.2, 0) is 6.54 Å². The minimum absolute atomic E-state index is 0.125. The molecule has 1 atom stereocenters. The third-order valence-corrected chi connectivity index (χ3v) is 5.75. The monoisotopic (exact) mass is 424 g/mol. The zero-order valence-corrected chi connectivity index (χ0v) is 17.6. The number of H-pyrrole nitrogens is 1. The first-order valence-corrected chi connectivity index (χ1v) is 10.5. The predicted molar refractivity (Wildman–Crippen MR) is 118 cm³/mol. The summed E-state index contributed by atoms with van der Waals surface area (Å²) in [4.78, 5) is 41.3. The molecule has 1 aliphatic heterocycles. The van der Waals surface area contributed by atoms with E-state index in [0.29, 0.717) is 35.4 Å². The fourth-order valence-electron chi connectivity index (χ4n) is 4.18. The summed E-state index contributed by atoms with van der Waals surface area (Å²) in [5.41, 5.74) is 1.61. The van der Waals surface area contributed by atoms with Gasteiger partial charge in [0.15, 0.2) is 0 Å². The summed E-state index contributed by atoms with van der Waals surface area (Å²) in [7, 11) is 0. The van der Waals surface area contributed by atoms with E-state index in [1.807, 2.05) is 17.9 Å². The van der Waals surface area contributed by atoms with E-state index in [0.717, 1.165) is 24.9 Å². The number of amides is 1. The van der Waals surface area contributed by atoms with E-state index in [1.54, 1.807) is 31.2 Å². The zero-order chi connectivity index (χ0) is 22.1. The summed E-state index contributed by atoms with van der Waals surface area (Å²) < 4.78 is 15.7. The molecule has 2 N–H and O–H groups in total. The quantitative estimate of drug-likeness (QED) is 0.630. The minimum atomic E-state index is -0.713. The van der Waals surface area contributed by atoms with Gasteiger partial charge in [0.05, 0.1) is 16.7 Å². The minimum Gasteiger partial charge on any atom is -0.367 e. The topological polar surface area (TPSA) is 87.2 Å². The van der Waals surface area contributed by atoms with E-state index in [2.05, 4.69) is 10.3 Å². The van der Waals surface area contributed by atoms with Crippen molar-refractivity contribution in [2.24, 2.45) is 0 Å². The Hall–Kier alpha value is -3.42. The van der Waals surface area contributed by atoms with E-state index in [-0.39, 0.29) is 17.8 Å². The number of anilines is 1. The molecule has 1 aromatic heterocycles. The first kappa shape index (κ1) is 20.8. The first-order chi connectivity index (χ1) is 14.9. The molecule has 4 rings (SSSR count). The lowest BCUT2D eigenvalue weighted by atomic mass is 10.0. The number of aromatic amines is 1. The van der Waals surface area contributed by atoms with Gasteiger partial charge in [-0.05, 0) is 62.6 Å². The zero-order valence-electron chi connectivity index (χ0n) is 17.6. The number of rotatable bonds is 4. The second-order valence-corrected chi connectivity index (χ2v) is 7.95. The number of carbonyl (C=O) groups is 1. The van der Waals surface area contributed by atoms with E-state index < -0.39 is 11.1 Å². The number of aryl methyl sites for hydroxylation is 2. The molecule has 2 heterocycles. The Morgan fingerprint density at radius 1 is 1.23 bits per heavy atom. The van der Waals surface area contributed by atoms with Crippen molar-refractivity contribution >= 4 is 22.6 Å². The number of piperidine rings is 1. The summed E-state index contributed by atoms with van der Waals surface area (Å²) in [6.07, 6.45) is 1.64. The van der Waals surface area contributed by atoms with Crippen LogP contribution in [0.15, 0.2) is 46.0 Å². The number of hydrogen-bond donors (Lipinski definition) is 2. The molecule has 31 heavy (non-hydrogen) atoms. The van der Waals surface area contributed by atoms with Gasteiger partial charge in [0.25, 0.3) is 5.91 Å². The van der Waals surface area contributed by atoms with Gasteiger partial charge in [-0.1, -0.05) is 6.07 Å². The molecule has 1 aliphatic rings. The first-order valence-electron chi connectivity index (χ1n) is 10.5. The fraction of sp³-hybridized carbons (Fsp3) is 0.348. The molecule has 0 spiro atoms. The number of fused-ring (bicyclic) bond motifs is 1. The standard InChI is InChI=1S/C23H25FN4O3/c1-3-28-19-9-7-15(12-18(19)26-22(30)23(28)31)21(29)25-16-5-4-10-27(13-16)20-11-14(2)6-8-17(20)24/h6-9,11-12,16H,3-5,10,13H2,1-2H3,(H,25,29)(H,26,30). The van der Waals surface area contributed by atoms with Crippen LogP contribution in [0.5, 0.6) is 0 Å². The predicted octanol–water partition coefficient (Wildman–Crippen LogP) is 2.56. The van der Waals surface area contributed by atoms with Crippen LogP contribution in [0.3, 0.4) is 0 Å². The number of carbonyl (C=O) groups excluding carboxylic acids is 1. The number of halogens is 1. The normalized spacial score (nSPS) is 16.5. The molecule has 0 aliphatic carbocycles. The van der Waals surface area contributed by atoms with Crippen molar-refractivity contribution in [2.75, 3.05) is 18.0 Å². The number of aromatic nitrogens is 2. The van der Waals surface area contributed by atoms with Crippen LogP contribution in [0.25, 0.3) is 11.0 Å².